The van der Waals surface area contributed by atoms with E-state index in [1.165, 1.54) is 22.4 Å². The van der Waals surface area contributed by atoms with Gasteiger partial charge in [-0.3, -0.25) is 4.90 Å². The smallest absolute Gasteiger partial charge is 0.383 e. The van der Waals surface area contributed by atoms with Gasteiger partial charge in [-0.05, 0) is 29.8 Å². The van der Waals surface area contributed by atoms with E-state index in [2.05, 4.69) is 39.2 Å². The quantitative estimate of drug-likeness (QED) is 0.328. The van der Waals surface area contributed by atoms with Crippen molar-refractivity contribution in [1.29, 1.82) is 0 Å². The minimum absolute atomic E-state index is 0.267. The maximum absolute atomic E-state index is 13.1. The molecule has 1 fully saturated rings. The lowest BCUT2D eigenvalue weighted by molar-refractivity contribution is -0.137. The van der Waals surface area contributed by atoms with Gasteiger partial charge in [-0.1, -0.05) is 60.7 Å². The van der Waals surface area contributed by atoms with Crippen LogP contribution in [0.2, 0.25) is 0 Å². The van der Waals surface area contributed by atoms with Crippen LogP contribution in [0.5, 0.6) is 0 Å². The molecule has 39 heavy (non-hydrogen) atoms. The zero-order valence-corrected chi connectivity index (χ0v) is 21.0. The molecule has 7 nitrogen and oxygen atoms in total. The molecule has 10 heteroatoms. The van der Waals surface area contributed by atoms with E-state index in [9.17, 15) is 13.2 Å². The molecule has 1 saturated heterocycles. The molecule has 0 spiro atoms. The number of alkyl halides is 3. The number of nitrogens with two attached hydrogens (primary N) is 1. The van der Waals surface area contributed by atoms with Crippen molar-refractivity contribution in [3.8, 4) is 16.9 Å². The third-order valence-electron chi connectivity index (χ3n) is 6.95. The standard InChI is InChI=1S/C29H26F3N7/c30-29(31,32)22-11-13-23(14-12-22)39-26(33)24-25(21-9-5-2-6-10-21)34-28(35-27(24)36-39)38-17-15-37(16-18-38)19-20-7-3-1-4-8-20/h1-14H,15-19,33H2. The van der Waals surface area contributed by atoms with Gasteiger partial charge in [-0.15, -0.1) is 5.10 Å². The monoisotopic (exact) mass is 529 g/mol. The van der Waals surface area contributed by atoms with Crippen molar-refractivity contribution in [1.82, 2.24) is 24.6 Å². The number of benzene rings is 3. The summed E-state index contributed by atoms with van der Waals surface area (Å²) >= 11 is 0. The molecule has 0 atom stereocenters. The predicted octanol–water partition coefficient (Wildman–Crippen LogP) is 5.41. The first-order chi connectivity index (χ1) is 18.9. The number of piperazine rings is 1. The lowest BCUT2D eigenvalue weighted by atomic mass is 10.1. The molecule has 2 N–H and O–H groups in total. The molecule has 0 unspecified atom stereocenters. The Morgan fingerprint density at radius 2 is 1.41 bits per heavy atom. The Balaban J connectivity index is 1.35. The largest absolute Gasteiger partial charge is 0.416 e. The van der Waals surface area contributed by atoms with E-state index in [-0.39, 0.29) is 5.82 Å². The molecule has 0 bridgehead atoms. The molecule has 0 amide bonds. The van der Waals surface area contributed by atoms with Crippen LogP contribution in [-0.2, 0) is 12.7 Å². The van der Waals surface area contributed by atoms with Crippen LogP contribution >= 0.6 is 0 Å². The first-order valence-corrected chi connectivity index (χ1v) is 12.7. The first-order valence-electron chi connectivity index (χ1n) is 12.7. The van der Waals surface area contributed by atoms with Crippen LogP contribution < -0.4 is 10.6 Å². The van der Waals surface area contributed by atoms with Gasteiger partial charge in [0.25, 0.3) is 0 Å². The molecule has 0 aliphatic carbocycles. The molecule has 6 rings (SSSR count). The molecule has 198 valence electrons. The second kappa shape index (κ2) is 10.0. The maximum Gasteiger partial charge on any atom is 0.416 e. The summed E-state index contributed by atoms with van der Waals surface area (Å²) in [5.41, 5.74) is 9.37. The summed E-state index contributed by atoms with van der Waals surface area (Å²) in [6, 6.07) is 24.8. The molecular formula is C29H26F3N7. The highest BCUT2D eigenvalue weighted by Crippen LogP contribution is 2.35. The van der Waals surface area contributed by atoms with Gasteiger partial charge in [0.05, 0.1) is 22.3 Å². The number of aromatic nitrogens is 4. The van der Waals surface area contributed by atoms with Crippen molar-refractivity contribution in [2.45, 2.75) is 12.7 Å². The second-order valence-corrected chi connectivity index (χ2v) is 9.53. The van der Waals surface area contributed by atoms with Gasteiger partial charge in [0.15, 0.2) is 5.65 Å². The zero-order valence-electron chi connectivity index (χ0n) is 21.0. The number of halogens is 3. The maximum atomic E-state index is 13.1. The minimum Gasteiger partial charge on any atom is -0.383 e. The van der Waals surface area contributed by atoms with Crippen LogP contribution in [0.25, 0.3) is 28.0 Å². The molecule has 5 aromatic rings. The average Bonchev–Trinajstić information content (AvgIpc) is 3.30. The van der Waals surface area contributed by atoms with E-state index in [0.717, 1.165) is 50.4 Å². The summed E-state index contributed by atoms with van der Waals surface area (Å²) in [7, 11) is 0. The van der Waals surface area contributed by atoms with Crippen molar-refractivity contribution in [2.75, 3.05) is 36.8 Å². The van der Waals surface area contributed by atoms with Gasteiger partial charge in [-0.2, -0.15) is 18.2 Å². The van der Waals surface area contributed by atoms with Crippen LogP contribution in [0.1, 0.15) is 11.1 Å². The fourth-order valence-corrected chi connectivity index (χ4v) is 4.88. The van der Waals surface area contributed by atoms with Gasteiger partial charge < -0.3 is 10.6 Å². The van der Waals surface area contributed by atoms with E-state index < -0.39 is 11.7 Å². The molecule has 3 heterocycles. The number of rotatable bonds is 5. The number of anilines is 2. The minimum atomic E-state index is -4.43. The molecular weight excluding hydrogens is 503 g/mol. The molecule has 0 radical (unpaired) electrons. The molecule has 1 aliphatic heterocycles. The fraction of sp³-hybridized carbons (Fsp3) is 0.207. The summed E-state index contributed by atoms with van der Waals surface area (Å²) in [5.74, 6) is 0.820. The molecule has 0 saturated carbocycles. The number of nitrogen functional groups attached to an aromatic ring is 1. The summed E-state index contributed by atoms with van der Waals surface area (Å²) in [5, 5.41) is 5.17. The summed E-state index contributed by atoms with van der Waals surface area (Å²) in [6.07, 6.45) is -4.43. The number of hydrogen-bond donors (Lipinski definition) is 1. The highest BCUT2D eigenvalue weighted by atomic mass is 19.4. The second-order valence-electron chi connectivity index (χ2n) is 9.53. The third-order valence-corrected chi connectivity index (χ3v) is 6.95. The van der Waals surface area contributed by atoms with Crippen molar-refractivity contribution >= 4 is 22.8 Å². The molecule has 2 aromatic heterocycles. The predicted molar refractivity (Wildman–Crippen MR) is 145 cm³/mol. The van der Waals surface area contributed by atoms with E-state index in [1.54, 1.807) is 0 Å². The highest BCUT2D eigenvalue weighted by molar-refractivity contribution is 5.99. The summed E-state index contributed by atoms with van der Waals surface area (Å²) in [6.45, 7) is 4.11. The zero-order chi connectivity index (χ0) is 27.0. The van der Waals surface area contributed by atoms with Crippen LogP contribution in [0.3, 0.4) is 0 Å². The number of fused-ring (bicyclic) bond motifs is 1. The third kappa shape index (κ3) is 5.03. The summed E-state index contributed by atoms with van der Waals surface area (Å²) < 4.78 is 40.7. The van der Waals surface area contributed by atoms with Crippen molar-refractivity contribution < 1.29 is 13.2 Å². The van der Waals surface area contributed by atoms with E-state index in [4.69, 9.17) is 15.7 Å². The SMILES string of the molecule is Nc1c2c(-c3ccccc3)nc(N3CCN(Cc4ccccc4)CC3)nc2nn1-c1ccc(C(F)(F)F)cc1. The van der Waals surface area contributed by atoms with Gasteiger partial charge in [0.2, 0.25) is 5.95 Å². The summed E-state index contributed by atoms with van der Waals surface area (Å²) in [4.78, 5) is 14.2. The number of nitrogens with zero attached hydrogens (tertiary/aromatic N) is 6. The van der Waals surface area contributed by atoms with Crippen LogP contribution in [-0.4, -0.2) is 50.8 Å². The van der Waals surface area contributed by atoms with E-state index in [1.807, 2.05) is 36.4 Å². The Labute approximate surface area is 223 Å². The number of hydrogen-bond acceptors (Lipinski definition) is 6. The lowest BCUT2D eigenvalue weighted by Crippen LogP contribution is -2.46. The van der Waals surface area contributed by atoms with Gasteiger partial charge in [0.1, 0.15) is 5.82 Å². The normalized spacial score (nSPS) is 14.7. The molecule has 3 aromatic carbocycles. The van der Waals surface area contributed by atoms with Gasteiger partial charge in [0, 0.05) is 38.3 Å². The van der Waals surface area contributed by atoms with Gasteiger partial charge >= 0.3 is 6.18 Å². The molecule has 1 aliphatic rings. The van der Waals surface area contributed by atoms with Crippen molar-refractivity contribution in [3.05, 3.63) is 96.1 Å². The Hall–Kier alpha value is -4.44. The van der Waals surface area contributed by atoms with E-state index in [0.29, 0.717) is 28.4 Å². The Kier molecular flexibility index (Phi) is 6.40. The Morgan fingerprint density at radius 1 is 0.769 bits per heavy atom. The lowest BCUT2D eigenvalue weighted by Gasteiger charge is -2.34. The Morgan fingerprint density at radius 3 is 2.05 bits per heavy atom. The Bertz CT molecular complexity index is 1580. The highest BCUT2D eigenvalue weighted by Gasteiger charge is 2.30. The van der Waals surface area contributed by atoms with Crippen LogP contribution in [0.15, 0.2) is 84.9 Å². The van der Waals surface area contributed by atoms with Crippen molar-refractivity contribution in [3.63, 3.8) is 0 Å². The van der Waals surface area contributed by atoms with Crippen LogP contribution in [0, 0.1) is 0 Å². The van der Waals surface area contributed by atoms with Crippen LogP contribution in [0.4, 0.5) is 24.9 Å². The average molecular weight is 530 g/mol. The van der Waals surface area contributed by atoms with E-state index >= 15 is 0 Å². The fourth-order valence-electron chi connectivity index (χ4n) is 4.88. The van der Waals surface area contributed by atoms with Gasteiger partial charge in [-0.25, -0.2) is 9.67 Å². The topological polar surface area (TPSA) is 76.1 Å². The first kappa shape index (κ1) is 24.9. The van der Waals surface area contributed by atoms with Crippen molar-refractivity contribution in [2.24, 2.45) is 0 Å².